The van der Waals surface area contributed by atoms with E-state index >= 15 is 0 Å². The van der Waals surface area contributed by atoms with Crippen molar-refractivity contribution in [2.45, 2.75) is 44.9 Å². The van der Waals surface area contributed by atoms with E-state index in [0.29, 0.717) is 47.5 Å². The van der Waals surface area contributed by atoms with E-state index in [4.69, 9.17) is 9.72 Å². The molecule has 1 N–H and O–H groups in total. The van der Waals surface area contributed by atoms with Gasteiger partial charge in [0, 0.05) is 28.5 Å². The molecule has 6 rings (SSSR count). The van der Waals surface area contributed by atoms with Gasteiger partial charge in [-0.3, -0.25) is 9.59 Å². The molecule has 2 aromatic heterocycles. The van der Waals surface area contributed by atoms with E-state index in [9.17, 15) is 19.5 Å². The standard InChI is InChI=1S/C29H24N2O5/c1-2-29(35)22-14-24-26-20(15-31(24)27(33)21(22)16-36-28(29)34)13-19-10-8-17(12-23(19)30-26)9-11-25(32)18-6-4-3-5-7-18/h3-8,10,12-14,35H,2,9,11,15-16H2,1H3. The normalized spacial score (nSPS) is 17.9. The Balaban J connectivity index is 1.37. The second-order valence-electron chi connectivity index (χ2n) is 9.42. The molecule has 0 bridgehead atoms. The number of rotatable bonds is 5. The number of benzene rings is 2. The van der Waals surface area contributed by atoms with Crippen LogP contribution in [-0.4, -0.2) is 26.4 Å². The summed E-state index contributed by atoms with van der Waals surface area (Å²) >= 11 is 0. The van der Waals surface area contributed by atoms with E-state index < -0.39 is 11.6 Å². The molecule has 7 nitrogen and oxygen atoms in total. The van der Waals surface area contributed by atoms with Crippen molar-refractivity contribution in [3.05, 3.63) is 98.8 Å². The summed E-state index contributed by atoms with van der Waals surface area (Å²) < 4.78 is 6.76. The van der Waals surface area contributed by atoms with Crippen LogP contribution in [0.3, 0.4) is 0 Å². The zero-order valence-electron chi connectivity index (χ0n) is 19.8. The molecule has 0 saturated carbocycles. The minimum atomic E-state index is -1.85. The van der Waals surface area contributed by atoms with Crippen LogP contribution in [0, 0.1) is 0 Å². The van der Waals surface area contributed by atoms with Crippen LogP contribution >= 0.6 is 0 Å². The van der Waals surface area contributed by atoms with E-state index in [0.717, 1.165) is 22.0 Å². The smallest absolute Gasteiger partial charge is 0.343 e. The highest BCUT2D eigenvalue weighted by Gasteiger charge is 2.45. The average molecular weight is 481 g/mol. The molecular weight excluding hydrogens is 456 g/mol. The number of carbonyl (C=O) groups is 2. The monoisotopic (exact) mass is 480 g/mol. The highest BCUT2D eigenvalue weighted by molar-refractivity contribution is 5.96. The van der Waals surface area contributed by atoms with Crippen molar-refractivity contribution in [3.8, 4) is 11.4 Å². The molecule has 36 heavy (non-hydrogen) atoms. The maximum atomic E-state index is 13.3. The highest BCUT2D eigenvalue weighted by atomic mass is 16.6. The lowest BCUT2D eigenvalue weighted by molar-refractivity contribution is -0.172. The Morgan fingerprint density at radius 3 is 2.69 bits per heavy atom. The van der Waals surface area contributed by atoms with Crippen LogP contribution in [0.4, 0.5) is 0 Å². The van der Waals surface area contributed by atoms with Gasteiger partial charge in [0.2, 0.25) is 0 Å². The van der Waals surface area contributed by atoms with Crippen LogP contribution in [0.15, 0.2) is 65.5 Å². The van der Waals surface area contributed by atoms with Crippen LogP contribution in [0.1, 0.15) is 52.4 Å². The number of aromatic nitrogens is 2. The topological polar surface area (TPSA) is 98.5 Å². The Hall–Kier alpha value is -4.10. The van der Waals surface area contributed by atoms with Gasteiger partial charge in [-0.2, -0.15) is 0 Å². The maximum absolute atomic E-state index is 13.3. The van der Waals surface area contributed by atoms with Gasteiger partial charge in [-0.05, 0) is 36.6 Å². The van der Waals surface area contributed by atoms with Crippen molar-refractivity contribution in [2.75, 3.05) is 0 Å². The fourth-order valence-corrected chi connectivity index (χ4v) is 5.20. The molecular formula is C29H24N2O5. The van der Waals surface area contributed by atoms with E-state index in [1.54, 1.807) is 17.6 Å². The number of aliphatic hydroxyl groups is 1. The molecule has 0 fully saturated rings. The van der Waals surface area contributed by atoms with Crippen LogP contribution in [-0.2, 0) is 34.7 Å². The second-order valence-corrected chi connectivity index (χ2v) is 9.42. The van der Waals surface area contributed by atoms with Crippen molar-refractivity contribution in [2.24, 2.45) is 0 Å². The third-order valence-corrected chi connectivity index (χ3v) is 7.31. The van der Waals surface area contributed by atoms with Crippen LogP contribution in [0.25, 0.3) is 22.3 Å². The molecule has 1 atom stereocenters. The fraction of sp³-hybridized carbons (Fsp3) is 0.241. The number of fused-ring (bicyclic) bond motifs is 5. The highest BCUT2D eigenvalue weighted by Crippen LogP contribution is 2.38. The summed E-state index contributed by atoms with van der Waals surface area (Å²) in [5, 5.41) is 12.0. The number of carbonyl (C=O) groups excluding carboxylic acids is 2. The number of cyclic esters (lactones) is 1. The van der Waals surface area contributed by atoms with Gasteiger partial charge in [-0.1, -0.05) is 49.4 Å². The number of hydrogen-bond acceptors (Lipinski definition) is 6. The molecule has 2 aliphatic rings. The summed E-state index contributed by atoms with van der Waals surface area (Å²) in [6, 6.07) is 19.0. The molecule has 0 amide bonds. The van der Waals surface area contributed by atoms with E-state index in [1.165, 1.54) is 0 Å². The Kier molecular flexibility index (Phi) is 5.12. The van der Waals surface area contributed by atoms with Crippen molar-refractivity contribution in [1.29, 1.82) is 0 Å². The summed E-state index contributed by atoms with van der Waals surface area (Å²) in [6.07, 6.45) is 1.10. The van der Waals surface area contributed by atoms with Crippen LogP contribution in [0.5, 0.6) is 0 Å². The molecule has 4 heterocycles. The molecule has 1 unspecified atom stereocenters. The van der Waals surface area contributed by atoms with Gasteiger partial charge in [0.25, 0.3) is 5.56 Å². The molecule has 2 aromatic carbocycles. The zero-order chi connectivity index (χ0) is 25.0. The molecule has 180 valence electrons. The minimum absolute atomic E-state index is 0.0950. The van der Waals surface area contributed by atoms with Gasteiger partial charge in [-0.15, -0.1) is 0 Å². The summed E-state index contributed by atoms with van der Waals surface area (Å²) in [7, 11) is 0. The Morgan fingerprint density at radius 2 is 1.92 bits per heavy atom. The molecule has 7 heteroatoms. The number of nitrogens with zero attached hydrogens (tertiary/aromatic N) is 2. The van der Waals surface area contributed by atoms with Crippen molar-refractivity contribution in [3.63, 3.8) is 0 Å². The summed E-state index contributed by atoms with van der Waals surface area (Å²) in [5.41, 5.74) is 3.12. The number of Topliss-reactive ketones (excluding diaryl/α,β-unsaturated/α-hetero) is 1. The minimum Gasteiger partial charge on any atom is -0.458 e. The van der Waals surface area contributed by atoms with Gasteiger partial charge in [0.1, 0.15) is 6.61 Å². The lowest BCUT2D eigenvalue weighted by Crippen LogP contribution is -2.44. The van der Waals surface area contributed by atoms with E-state index in [-0.39, 0.29) is 24.4 Å². The lowest BCUT2D eigenvalue weighted by Gasteiger charge is -2.31. The Morgan fingerprint density at radius 1 is 1.11 bits per heavy atom. The lowest BCUT2D eigenvalue weighted by atomic mass is 9.86. The number of ether oxygens (including phenoxy) is 1. The van der Waals surface area contributed by atoms with Crippen molar-refractivity contribution < 1.29 is 19.4 Å². The third-order valence-electron chi connectivity index (χ3n) is 7.31. The SMILES string of the molecule is CCC1(O)C(=O)OCc2c1cc1n(c2=O)Cc2cc3ccc(CCC(=O)c4ccccc4)cc3nc2-1. The number of esters is 1. The average Bonchev–Trinajstić information content (AvgIpc) is 3.26. The fourth-order valence-electron chi connectivity index (χ4n) is 5.20. The first-order valence-corrected chi connectivity index (χ1v) is 12.1. The first kappa shape index (κ1) is 22.4. The number of hydrogen-bond donors (Lipinski definition) is 1. The van der Waals surface area contributed by atoms with Crippen molar-refractivity contribution in [1.82, 2.24) is 9.55 Å². The van der Waals surface area contributed by atoms with Gasteiger partial charge in [0.15, 0.2) is 11.4 Å². The number of ketones is 1. The number of pyridine rings is 2. The van der Waals surface area contributed by atoms with Crippen molar-refractivity contribution >= 4 is 22.7 Å². The Bertz CT molecular complexity index is 1620. The molecule has 0 saturated heterocycles. The first-order valence-electron chi connectivity index (χ1n) is 12.1. The predicted octanol–water partition coefficient (Wildman–Crippen LogP) is 3.90. The molecule has 2 aliphatic heterocycles. The largest absolute Gasteiger partial charge is 0.458 e. The summed E-state index contributed by atoms with van der Waals surface area (Å²) in [4.78, 5) is 43.1. The zero-order valence-corrected chi connectivity index (χ0v) is 19.8. The van der Waals surface area contributed by atoms with Gasteiger partial charge < -0.3 is 14.4 Å². The molecule has 4 aromatic rings. The third kappa shape index (κ3) is 3.38. The first-order chi connectivity index (χ1) is 17.4. The quantitative estimate of drug-likeness (QED) is 0.303. The van der Waals surface area contributed by atoms with E-state index in [1.807, 2.05) is 54.6 Å². The summed E-state index contributed by atoms with van der Waals surface area (Å²) in [6.45, 7) is 1.91. The van der Waals surface area contributed by atoms with Gasteiger partial charge >= 0.3 is 5.97 Å². The summed E-state index contributed by atoms with van der Waals surface area (Å²) in [5.74, 6) is -0.640. The van der Waals surface area contributed by atoms with Crippen LogP contribution in [0.2, 0.25) is 0 Å². The molecule has 0 spiro atoms. The second kappa shape index (κ2) is 8.24. The van der Waals surface area contributed by atoms with Gasteiger partial charge in [0.05, 0.1) is 29.0 Å². The van der Waals surface area contributed by atoms with Gasteiger partial charge in [-0.25, -0.2) is 9.78 Å². The van der Waals surface area contributed by atoms with E-state index in [2.05, 4.69) is 0 Å². The number of aryl methyl sites for hydroxylation is 1. The predicted molar refractivity (Wildman–Crippen MR) is 134 cm³/mol. The molecule has 0 radical (unpaired) electrons. The Labute approximate surface area is 207 Å². The maximum Gasteiger partial charge on any atom is 0.343 e. The molecule has 0 aliphatic carbocycles. The van der Waals surface area contributed by atoms with Crippen LogP contribution < -0.4 is 5.56 Å².